The number of amides is 1. The van der Waals surface area contributed by atoms with E-state index in [-0.39, 0.29) is 31.0 Å². The molecule has 0 radical (unpaired) electrons. The number of alkyl halides is 3. The highest BCUT2D eigenvalue weighted by Gasteiger charge is 2.39. The van der Waals surface area contributed by atoms with Crippen LogP contribution < -0.4 is 10.1 Å². The fraction of sp³-hybridized carbons (Fsp3) is 0.478. The van der Waals surface area contributed by atoms with Gasteiger partial charge in [0.05, 0.1) is 18.0 Å². The van der Waals surface area contributed by atoms with Gasteiger partial charge in [-0.25, -0.2) is 4.98 Å². The summed E-state index contributed by atoms with van der Waals surface area (Å²) in [5, 5.41) is 12.1. The minimum absolute atomic E-state index is 0.0697. The van der Waals surface area contributed by atoms with Crippen LogP contribution in [0.3, 0.4) is 0 Å². The van der Waals surface area contributed by atoms with Crippen molar-refractivity contribution in [2.24, 2.45) is 5.41 Å². The van der Waals surface area contributed by atoms with Crippen molar-refractivity contribution >= 4 is 5.91 Å². The van der Waals surface area contributed by atoms with Crippen LogP contribution in [0.2, 0.25) is 0 Å². The Morgan fingerprint density at radius 1 is 1.27 bits per heavy atom. The van der Waals surface area contributed by atoms with Gasteiger partial charge in [0, 0.05) is 43.1 Å². The lowest BCUT2D eigenvalue weighted by atomic mass is 9.90. The first kappa shape index (κ1) is 24.5. The van der Waals surface area contributed by atoms with Crippen molar-refractivity contribution in [1.82, 2.24) is 20.2 Å². The summed E-state index contributed by atoms with van der Waals surface area (Å²) in [7, 11) is 0. The third-order valence-electron chi connectivity index (χ3n) is 5.63. The first-order chi connectivity index (χ1) is 15.5. The second-order valence-electron chi connectivity index (χ2n) is 8.80. The quantitative estimate of drug-likeness (QED) is 0.636. The van der Waals surface area contributed by atoms with Gasteiger partial charge in [0.2, 0.25) is 11.8 Å². The van der Waals surface area contributed by atoms with Crippen molar-refractivity contribution in [3.63, 3.8) is 0 Å². The largest absolute Gasteiger partial charge is 0.476 e. The van der Waals surface area contributed by atoms with Gasteiger partial charge in [-0.3, -0.25) is 14.7 Å². The molecule has 2 unspecified atom stereocenters. The van der Waals surface area contributed by atoms with Gasteiger partial charge in [-0.05, 0) is 44.5 Å². The van der Waals surface area contributed by atoms with Crippen molar-refractivity contribution in [2.75, 3.05) is 26.2 Å². The number of carbonyl (C=O) groups excluding carboxylic acids is 1. The summed E-state index contributed by atoms with van der Waals surface area (Å²) in [4.78, 5) is 23.0. The SMILES string of the molecule is Cc1ccc(C2CN(CC#N)CC2NC(=O)C(C)(C)COc2ncccc2C(F)(F)F)cn1. The summed E-state index contributed by atoms with van der Waals surface area (Å²) in [5.41, 5.74) is -0.295. The van der Waals surface area contributed by atoms with Crippen LogP contribution in [0, 0.1) is 23.7 Å². The number of carbonyl (C=O) groups is 1. The van der Waals surface area contributed by atoms with E-state index in [4.69, 9.17) is 10.00 Å². The Balaban J connectivity index is 1.71. The number of ether oxygens (including phenoxy) is 1. The number of pyridine rings is 2. The number of aromatic nitrogens is 2. The minimum atomic E-state index is -4.61. The summed E-state index contributed by atoms with van der Waals surface area (Å²) in [6.45, 7) is 6.09. The average molecular weight is 461 g/mol. The molecule has 10 heteroatoms. The van der Waals surface area contributed by atoms with E-state index in [9.17, 15) is 18.0 Å². The molecule has 1 N–H and O–H groups in total. The lowest BCUT2D eigenvalue weighted by Crippen LogP contribution is -2.48. The molecule has 0 aliphatic carbocycles. The van der Waals surface area contributed by atoms with E-state index in [0.717, 1.165) is 17.3 Å². The number of halogens is 3. The van der Waals surface area contributed by atoms with E-state index in [2.05, 4.69) is 21.4 Å². The van der Waals surface area contributed by atoms with Crippen LogP contribution in [0.5, 0.6) is 5.88 Å². The normalized spacial score (nSPS) is 19.2. The maximum Gasteiger partial charge on any atom is 0.421 e. The van der Waals surface area contributed by atoms with E-state index in [0.29, 0.717) is 13.1 Å². The van der Waals surface area contributed by atoms with E-state index < -0.39 is 23.0 Å². The summed E-state index contributed by atoms with van der Waals surface area (Å²) in [6.07, 6.45) is -1.64. The number of hydrogen-bond donors (Lipinski definition) is 1. The molecule has 7 nitrogen and oxygen atoms in total. The van der Waals surface area contributed by atoms with Gasteiger partial charge in [-0.1, -0.05) is 6.07 Å². The highest BCUT2D eigenvalue weighted by Crippen LogP contribution is 2.35. The van der Waals surface area contributed by atoms with E-state index in [1.807, 2.05) is 24.0 Å². The number of likely N-dealkylation sites (tertiary alicyclic amines) is 1. The lowest BCUT2D eigenvalue weighted by Gasteiger charge is -2.28. The summed E-state index contributed by atoms with van der Waals surface area (Å²) >= 11 is 0. The van der Waals surface area contributed by atoms with Crippen molar-refractivity contribution in [3.8, 4) is 11.9 Å². The van der Waals surface area contributed by atoms with Crippen LogP contribution in [0.25, 0.3) is 0 Å². The summed E-state index contributed by atoms with van der Waals surface area (Å²) < 4.78 is 44.9. The molecule has 0 bridgehead atoms. The molecular formula is C23H26F3N5O2. The minimum Gasteiger partial charge on any atom is -0.476 e. The molecule has 2 aromatic rings. The average Bonchev–Trinajstić information content (AvgIpc) is 3.15. The fourth-order valence-corrected chi connectivity index (χ4v) is 3.70. The van der Waals surface area contributed by atoms with Crippen LogP contribution in [0.15, 0.2) is 36.7 Å². The van der Waals surface area contributed by atoms with E-state index >= 15 is 0 Å². The predicted octanol–water partition coefficient (Wildman–Crippen LogP) is 3.32. The van der Waals surface area contributed by atoms with Crippen LogP contribution in [0.1, 0.15) is 36.6 Å². The monoisotopic (exact) mass is 461 g/mol. The summed E-state index contributed by atoms with van der Waals surface area (Å²) in [6, 6.07) is 7.76. The van der Waals surface area contributed by atoms with E-state index in [1.54, 1.807) is 20.0 Å². The van der Waals surface area contributed by atoms with Gasteiger partial charge in [0.25, 0.3) is 0 Å². The molecule has 1 amide bonds. The van der Waals surface area contributed by atoms with Crippen molar-refractivity contribution in [1.29, 1.82) is 5.26 Å². The Kier molecular flexibility index (Phi) is 7.22. The molecule has 3 rings (SSSR count). The van der Waals surface area contributed by atoms with E-state index in [1.165, 1.54) is 12.3 Å². The fourth-order valence-electron chi connectivity index (χ4n) is 3.70. The molecule has 0 spiro atoms. The van der Waals surface area contributed by atoms with Crippen LogP contribution >= 0.6 is 0 Å². The molecule has 0 aromatic carbocycles. The second-order valence-corrected chi connectivity index (χ2v) is 8.80. The number of nitrogens with zero attached hydrogens (tertiary/aromatic N) is 4. The van der Waals surface area contributed by atoms with Crippen molar-refractivity contribution in [2.45, 2.75) is 38.9 Å². The number of nitrogens with one attached hydrogen (secondary N) is 1. The molecular weight excluding hydrogens is 435 g/mol. The van der Waals surface area contributed by atoms with Crippen LogP contribution in [-0.2, 0) is 11.0 Å². The maximum atomic E-state index is 13.2. The molecule has 33 heavy (non-hydrogen) atoms. The first-order valence-corrected chi connectivity index (χ1v) is 10.5. The molecule has 0 saturated carbocycles. The molecule has 1 fully saturated rings. The van der Waals surface area contributed by atoms with Gasteiger partial charge in [0.15, 0.2) is 0 Å². The van der Waals surface area contributed by atoms with Gasteiger partial charge in [0.1, 0.15) is 12.2 Å². The zero-order valence-corrected chi connectivity index (χ0v) is 18.7. The number of rotatable bonds is 7. The molecule has 2 atom stereocenters. The van der Waals surface area contributed by atoms with Gasteiger partial charge in [-0.2, -0.15) is 18.4 Å². The highest BCUT2D eigenvalue weighted by molar-refractivity contribution is 5.82. The smallest absolute Gasteiger partial charge is 0.421 e. The topological polar surface area (TPSA) is 91.1 Å². The Hall–Kier alpha value is -3.19. The third-order valence-corrected chi connectivity index (χ3v) is 5.63. The molecule has 2 aromatic heterocycles. The van der Waals surface area contributed by atoms with Crippen molar-refractivity contribution in [3.05, 3.63) is 53.5 Å². The molecule has 1 aliphatic heterocycles. The van der Waals surface area contributed by atoms with Crippen LogP contribution in [-0.4, -0.2) is 53.1 Å². The molecule has 1 aliphatic rings. The highest BCUT2D eigenvalue weighted by atomic mass is 19.4. The molecule has 1 saturated heterocycles. The number of nitriles is 1. The molecule has 176 valence electrons. The van der Waals surface area contributed by atoms with Gasteiger partial charge < -0.3 is 10.1 Å². The molecule has 3 heterocycles. The Labute approximate surface area is 190 Å². The van der Waals surface area contributed by atoms with Crippen molar-refractivity contribution < 1.29 is 22.7 Å². The Bertz CT molecular complexity index is 1020. The second kappa shape index (κ2) is 9.75. The zero-order chi connectivity index (χ0) is 24.2. The zero-order valence-electron chi connectivity index (χ0n) is 18.7. The van der Waals surface area contributed by atoms with Crippen LogP contribution in [0.4, 0.5) is 13.2 Å². The van der Waals surface area contributed by atoms with Gasteiger partial charge >= 0.3 is 6.18 Å². The van der Waals surface area contributed by atoms with Gasteiger partial charge in [-0.15, -0.1) is 0 Å². The third kappa shape index (κ3) is 5.99. The standard InChI is InChI=1S/C23H26F3N5O2/c1-15-6-7-16(11-29-15)17-12-31(10-8-27)13-19(17)30-21(32)22(2,3)14-33-20-18(23(24,25)26)5-4-9-28-20/h4-7,9,11,17,19H,10,12-14H2,1-3H3,(H,30,32). The maximum absolute atomic E-state index is 13.2. The Morgan fingerprint density at radius 3 is 2.67 bits per heavy atom. The first-order valence-electron chi connectivity index (χ1n) is 10.5. The summed E-state index contributed by atoms with van der Waals surface area (Å²) in [5.74, 6) is -0.990. The number of hydrogen-bond acceptors (Lipinski definition) is 6. The Morgan fingerprint density at radius 2 is 2.03 bits per heavy atom. The lowest BCUT2D eigenvalue weighted by molar-refractivity contribution is -0.139. The predicted molar refractivity (Wildman–Crippen MR) is 114 cm³/mol. The number of aryl methyl sites for hydroxylation is 1.